The molecule has 1 aliphatic heterocycles. The predicted octanol–water partition coefficient (Wildman–Crippen LogP) is 3.73. The van der Waals surface area contributed by atoms with Crippen molar-refractivity contribution in [2.45, 2.75) is 38.5 Å². The monoisotopic (exact) mass is 315 g/mol. The molecule has 0 spiro atoms. The Kier molecular flexibility index (Phi) is 4.51. The van der Waals surface area contributed by atoms with Gasteiger partial charge in [-0.1, -0.05) is 48.6 Å². The van der Waals surface area contributed by atoms with Gasteiger partial charge >= 0.3 is 0 Å². The van der Waals surface area contributed by atoms with E-state index in [0.717, 1.165) is 6.54 Å². The van der Waals surface area contributed by atoms with Crippen LogP contribution in [0.3, 0.4) is 0 Å². The summed E-state index contributed by atoms with van der Waals surface area (Å²) in [5, 5.41) is 8.92. The first-order chi connectivity index (χ1) is 11.9. The average molecular weight is 315 g/mol. The first-order valence-electron chi connectivity index (χ1n) is 9.22. The van der Waals surface area contributed by atoms with E-state index in [1.165, 1.54) is 59.7 Å². The maximum atomic E-state index is 3.02. The van der Waals surface area contributed by atoms with Gasteiger partial charge in [-0.2, -0.15) is 0 Å². The zero-order chi connectivity index (χ0) is 16.2. The molecule has 0 bridgehead atoms. The summed E-state index contributed by atoms with van der Waals surface area (Å²) in [4.78, 5) is 0. The predicted molar refractivity (Wildman–Crippen MR) is 104 cm³/mol. The summed E-state index contributed by atoms with van der Waals surface area (Å²) < 4.78 is 0. The smallest absolute Gasteiger partial charge is 0.0328 e. The summed E-state index contributed by atoms with van der Waals surface area (Å²) in [6.07, 6.45) is 20.5. The third kappa shape index (κ3) is 3.03. The Morgan fingerprint density at radius 2 is 1.67 bits per heavy atom. The highest BCUT2D eigenvalue weighted by Gasteiger charge is 2.12. The van der Waals surface area contributed by atoms with E-state index in [2.05, 4.69) is 47.8 Å². The van der Waals surface area contributed by atoms with Gasteiger partial charge in [0.1, 0.15) is 0 Å². The highest BCUT2D eigenvalue weighted by atomic mass is 14.8. The van der Waals surface area contributed by atoms with Crippen LogP contribution in [0, 0.1) is 0 Å². The van der Waals surface area contributed by atoms with Crippen LogP contribution < -0.4 is 15.8 Å². The number of allylic oxidation sites excluding steroid dienone is 2. The fraction of sp³-hybridized carbons (Fsp3) is 0.304. The van der Waals surface area contributed by atoms with Crippen LogP contribution in [0.4, 0.5) is 0 Å². The van der Waals surface area contributed by atoms with E-state index in [1.54, 1.807) is 11.1 Å². The van der Waals surface area contributed by atoms with Crippen molar-refractivity contribution >= 4 is 22.9 Å². The van der Waals surface area contributed by atoms with Gasteiger partial charge in [0, 0.05) is 6.54 Å². The van der Waals surface area contributed by atoms with Crippen LogP contribution in [0.15, 0.2) is 48.7 Å². The number of benzene rings is 2. The lowest BCUT2D eigenvalue weighted by Gasteiger charge is -2.18. The third-order valence-corrected chi connectivity index (χ3v) is 5.18. The van der Waals surface area contributed by atoms with E-state index >= 15 is 0 Å². The summed E-state index contributed by atoms with van der Waals surface area (Å²) in [6.45, 7) is 0.983. The molecule has 0 unspecified atom stereocenters. The molecule has 1 N–H and O–H groups in total. The second kappa shape index (κ2) is 7.09. The second-order valence-corrected chi connectivity index (χ2v) is 6.76. The Morgan fingerprint density at radius 3 is 2.46 bits per heavy atom. The molecule has 2 aromatic carbocycles. The Hall–Kier alpha value is -2.28. The van der Waals surface area contributed by atoms with Crippen molar-refractivity contribution in [1.82, 2.24) is 5.32 Å². The fourth-order valence-corrected chi connectivity index (χ4v) is 3.98. The highest BCUT2D eigenvalue weighted by molar-refractivity contribution is 5.88. The minimum absolute atomic E-state index is 0.983. The molecule has 0 fully saturated rings. The molecule has 0 saturated heterocycles. The average Bonchev–Trinajstić information content (AvgIpc) is 2.69. The van der Waals surface area contributed by atoms with Crippen LogP contribution in [0.25, 0.3) is 22.9 Å². The van der Waals surface area contributed by atoms with E-state index in [9.17, 15) is 0 Å². The lowest BCUT2D eigenvalue weighted by molar-refractivity contribution is 0.690. The standard InChI is InChI=1S/C18H18.C5H7N/c1-3-7-15-13(5-1)9-11-18-16-8-4-2-6-14(16)10-12-17(15)18;1-2-4-6-5-3-1/h5,7,9-12H,1-4,6,8H2;1-4,6H,5H2. The lowest BCUT2D eigenvalue weighted by atomic mass is 9.86. The van der Waals surface area contributed by atoms with Gasteiger partial charge in [-0.15, -0.1) is 0 Å². The SMILES string of the molecule is C1=CCNC=C1.C1=c2ccc3c4c(ccc3c2=CCC1)CCCC4. The summed E-state index contributed by atoms with van der Waals surface area (Å²) in [7, 11) is 0. The van der Waals surface area contributed by atoms with Crippen LogP contribution in [0.2, 0.25) is 0 Å². The molecule has 0 saturated carbocycles. The van der Waals surface area contributed by atoms with Gasteiger partial charge in [-0.3, -0.25) is 0 Å². The molecule has 0 atom stereocenters. The van der Waals surface area contributed by atoms with Crippen molar-refractivity contribution in [3.05, 3.63) is 70.3 Å². The molecule has 0 aromatic heterocycles. The van der Waals surface area contributed by atoms with Gasteiger partial charge in [0.2, 0.25) is 0 Å². The van der Waals surface area contributed by atoms with Crippen LogP contribution >= 0.6 is 0 Å². The Morgan fingerprint density at radius 1 is 0.792 bits per heavy atom. The Labute approximate surface area is 144 Å². The van der Waals surface area contributed by atoms with Gasteiger partial charge in [-0.25, -0.2) is 0 Å². The summed E-state index contributed by atoms with van der Waals surface area (Å²) >= 11 is 0. The number of hydrogen-bond acceptors (Lipinski definition) is 1. The molecule has 5 rings (SSSR count). The molecule has 2 aliphatic carbocycles. The topological polar surface area (TPSA) is 12.0 Å². The van der Waals surface area contributed by atoms with E-state index < -0.39 is 0 Å². The molecule has 1 heterocycles. The van der Waals surface area contributed by atoms with Crippen molar-refractivity contribution in [3.8, 4) is 0 Å². The number of nitrogens with one attached hydrogen (secondary N) is 1. The molecular formula is C23H25N. The summed E-state index contributed by atoms with van der Waals surface area (Å²) in [6, 6.07) is 9.41. The van der Waals surface area contributed by atoms with Crippen LogP contribution in [0.1, 0.15) is 36.8 Å². The van der Waals surface area contributed by atoms with Crippen molar-refractivity contribution in [2.75, 3.05) is 6.54 Å². The molecule has 3 aliphatic rings. The Balaban J connectivity index is 0.000000207. The molecule has 0 amide bonds. The first-order valence-corrected chi connectivity index (χ1v) is 9.22. The van der Waals surface area contributed by atoms with Gasteiger partial charge in [-0.05, 0) is 83.1 Å². The molecule has 1 nitrogen and oxygen atoms in total. The maximum Gasteiger partial charge on any atom is 0.0328 e. The first kappa shape index (κ1) is 15.3. The fourth-order valence-electron chi connectivity index (χ4n) is 3.98. The van der Waals surface area contributed by atoms with Gasteiger partial charge < -0.3 is 5.32 Å². The molecule has 0 radical (unpaired) electrons. The zero-order valence-corrected chi connectivity index (χ0v) is 14.2. The van der Waals surface area contributed by atoms with Crippen molar-refractivity contribution in [3.63, 3.8) is 0 Å². The van der Waals surface area contributed by atoms with Crippen LogP contribution in [-0.2, 0) is 12.8 Å². The quantitative estimate of drug-likeness (QED) is 0.781. The minimum atomic E-state index is 0.983. The second-order valence-electron chi connectivity index (χ2n) is 6.76. The zero-order valence-electron chi connectivity index (χ0n) is 14.2. The van der Waals surface area contributed by atoms with E-state index in [-0.39, 0.29) is 0 Å². The van der Waals surface area contributed by atoms with Gasteiger partial charge in [0.15, 0.2) is 0 Å². The van der Waals surface area contributed by atoms with Crippen molar-refractivity contribution in [1.29, 1.82) is 0 Å². The molecule has 24 heavy (non-hydrogen) atoms. The number of hydrogen-bond donors (Lipinski definition) is 1. The highest BCUT2D eigenvalue weighted by Crippen LogP contribution is 2.27. The van der Waals surface area contributed by atoms with E-state index in [1.807, 2.05) is 18.4 Å². The number of aryl methyl sites for hydroxylation is 2. The number of dihydropyridines is 1. The van der Waals surface area contributed by atoms with E-state index in [0.29, 0.717) is 0 Å². The largest absolute Gasteiger partial charge is 0.387 e. The molecule has 1 heteroatoms. The van der Waals surface area contributed by atoms with Crippen LogP contribution in [0.5, 0.6) is 0 Å². The van der Waals surface area contributed by atoms with Crippen LogP contribution in [-0.4, -0.2) is 6.54 Å². The lowest BCUT2D eigenvalue weighted by Crippen LogP contribution is -2.27. The molecular weight excluding hydrogens is 290 g/mol. The normalized spacial score (nSPS) is 17.5. The van der Waals surface area contributed by atoms with Crippen molar-refractivity contribution in [2.24, 2.45) is 0 Å². The van der Waals surface area contributed by atoms with Gasteiger partial charge in [0.05, 0.1) is 0 Å². The van der Waals surface area contributed by atoms with Crippen molar-refractivity contribution < 1.29 is 0 Å². The third-order valence-electron chi connectivity index (χ3n) is 5.18. The molecule has 2 aromatic rings. The van der Waals surface area contributed by atoms with E-state index in [4.69, 9.17) is 0 Å². The maximum absolute atomic E-state index is 3.02. The summed E-state index contributed by atoms with van der Waals surface area (Å²) in [5.41, 5.74) is 3.22. The summed E-state index contributed by atoms with van der Waals surface area (Å²) in [5.74, 6) is 0. The number of fused-ring (bicyclic) bond motifs is 5. The number of rotatable bonds is 0. The molecule has 122 valence electrons. The Bertz CT molecular complexity index is 903. The van der Waals surface area contributed by atoms with Gasteiger partial charge in [0.25, 0.3) is 0 Å². The minimum Gasteiger partial charge on any atom is -0.387 e.